The molecule has 0 atom stereocenters. The number of nitro groups is 1. The normalized spacial score (nSPS) is 11.0. The third-order valence-electron chi connectivity index (χ3n) is 3.57. The molecular formula is C18H20N4O4. The highest BCUT2D eigenvalue weighted by Gasteiger charge is 2.14. The second kappa shape index (κ2) is 8.61. The summed E-state index contributed by atoms with van der Waals surface area (Å²) in [5.41, 5.74) is 4.75. The number of hydrogen-bond acceptors (Lipinski definition) is 6. The number of anilines is 1. The van der Waals surface area contributed by atoms with Crippen molar-refractivity contribution >= 4 is 23.0 Å². The Morgan fingerprint density at radius 1 is 1.19 bits per heavy atom. The van der Waals surface area contributed by atoms with Gasteiger partial charge in [-0.1, -0.05) is 24.3 Å². The van der Waals surface area contributed by atoms with Crippen molar-refractivity contribution in [2.24, 2.45) is 5.10 Å². The first-order chi connectivity index (χ1) is 12.4. The van der Waals surface area contributed by atoms with Crippen molar-refractivity contribution in [3.8, 4) is 5.75 Å². The molecule has 26 heavy (non-hydrogen) atoms. The first kappa shape index (κ1) is 18.9. The van der Waals surface area contributed by atoms with Crippen molar-refractivity contribution < 1.29 is 14.5 Å². The topological polar surface area (TPSA) is 97.1 Å². The van der Waals surface area contributed by atoms with E-state index in [0.29, 0.717) is 5.71 Å². The van der Waals surface area contributed by atoms with Gasteiger partial charge in [-0.2, -0.15) is 5.10 Å². The molecule has 136 valence electrons. The molecule has 1 N–H and O–H groups in total. The SMILES string of the molecule is CC(=NNC(=O)COc1ccccc1[N+](=O)[O-])c1ccc(N(C)C)cc1. The van der Waals surface area contributed by atoms with Crippen LogP contribution in [0.2, 0.25) is 0 Å². The molecular weight excluding hydrogens is 336 g/mol. The van der Waals surface area contributed by atoms with E-state index in [-0.39, 0.29) is 18.0 Å². The van der Waals surface area contributed by atoms with Crippen LogP contribution in [0.1, 0.15) is 12.5 Å². The zero-order valence-corrected chi connectivity index (χ0v) is 14.8. The monoisotopic (exact) mass is 356 g/mol. The minimum atomic E-state index is -0.563. The molecule has 0 radical (unpaired) electrons. The van der Waals surface area contributed by atoms with Gasteiger partial charge < -0.3 is 9.64 Å². The van der Waals surface area contributed by atoms with E-state index in [9.17, 15) is 14.9 Å². The summed E-state index contributed by atoms with van der Waals surface area (Å²) in [6.45, 7) is 1.40. The van der Waals surface area contributed by atoms with Crippen LogP contribution in [0.25, 0.3) is 0 Å². The summed E-state index contributed by atoms with van der Waals surface area (Å²) in [6.07, 6.45) is 0. The van der Waals surface area contributed by atoms with Crippen LogP contribution in [0.4, 0.5) is 11.4 Å². The first-order valence-electron chi connectivity index (χ1n) is 7.85. The Balaban J connectivity index is 1.93. The molecule has 0 aliphatic rings. The summed E-state index contributed by atoms with van der Waals surface area (Å²) in [5.74, 6) is -0.472. The van der Waals surface area contributed by atoms with Crippen LogP contribution in [0.3, 0.4) is 0 Å². The Kier molecular flexibility index (Phi) is 6.26. The summed E-state index contributed by atoms with van der Waals surface area (Å²) < 4.78 is 5.21. The molecule has 0 spiro atoms. The Morgan fingerprint density at radius 2 is 1.85 bits per heavy atom. The summed E-state index contributed by atoms with van der Waals surface area (Å²) in [4.78, 5) is 24.2. The number of benzene rings is 2. The highest BCUT2D eigenvalue weighted by atomic mass is 16.6. The molecule has 0 aromatic heterocycles. The number of hydrogen-bond donors (Lipinski definition) is 1. The summed E-state index contributed by atoms with van der Waals surface area (Å²) in [7, 11) is 3.90. The predicted octanol–water partition coefficient (Wildman–Crippen LogP) is 2.58. The Hall–Kier alpha value is -3.42. The molecule has 0 bridgehead atoms. The standard InChI is InChI=1S/C18H20N4O4/c1-13(14-8-10-15(11-9-14)21(2)3)19-20-18(23)12-26-17-7-5-4-6-16(17)22(24)25/h4-11H,12H2,1-3H3,(H,20,23). The predicted molar refractivity (Wildman–Crippen MR) is 99.7 cm³/mol. The van der Waals surface area contributed by atoms with Gasteiger partial charge in [-0.05, 0) is 30.7 Å². The van der Waals surface area contributed by atoms with E-state index in [1.165, 1.54) is 18.2 Å². The number of rotatable bonds is 7. The van der Waals surface area contributed by atoms with Gasteiger partial charge in [0, 0.05) is 25.8 Å². The molecule has 1 amide bonds. The molecule has 0 unspecified atom stereocenters. The first-order valence-corrected chi connectivity index (χ1v) is 7.85. The molecule has 8 nitrogen and oxygen atoms in total. The second-order valence-electron chi connectivity index (χ2n) is 5.69. The lowest BCUT2D eigenvalue weighted by Gasteiger charge is -2.12. The van der Waals surface area contributed by atoms with E-state index in [1.807, 2.05) is 43.3 Å². The van der Waals surface area contributed by atoms with Crippen LogP contribution < -0.4 is 15.1 Å². The van der Waals surface area contributed by atoms with Crippen LogP contribution in [0.15, 0.2) is 53.6 Å². The zero-order chi connectivity index (χ0) is 19.1. The average Bonchev–Trinajstić information content (AvgIpc) is 2.64. The molecule has 0 saturated carbocycles. The van der Waals surface area contributed by atoms with Gasteiger partial charge in [0.1, 0.15) is 0 Å². The number of hydrazone groups is 1. The highest BCUT2D eigenvalue weighted by molar-refractivity contribution is 5.99. The number of nitrogens with one attached hydrogen (secondary N) is 1. The van der Waals surface area contributed by atoms with Crippen LogP contribution >= 0.6 is 0 Å². The maximum atomic E-state index is 11.9. The van der Waals surface area contributed by atoms with Crippen molar-refractivity contribution in [1.29, 1.82) is 0 Å². The highest BCUT2D eigenvalue weighted by Crippen LogP contribution is 2.25. The Bertz CT molecular complexity index is 816. The van der Waals surface area contributed by atoms with Crippen molar-refractivity contribution in [3.63, 3.8) is 0 Å². The fourth-order valence-corrected chi connectivity index (χ4v) is 2.12. The molecule has 2 aromatic carbocycles. The van der Waals surface area contributed by atoms with Crippen LogP contribution in [-0.2, 0) is 4.79 Å². The van der Waals surface area contributed by atoms with Gasteiger partial charge in [-0.15, -0.1) is 0 Å². The third-order valence-corrected chi connectivity index (χ3v) is 3.57. The van der Waals surface area contributed by atoms with E-state index >= 15 is 0 Å². The maximum Gasteiger partial charge on any atom is 0.310 e. The zero-order valence-electron chi connectivity index (χ0n) is 14.8. The quantitative estimate of drug-likeness (QED) is 0.467. The molecule has 2 rings (SSSR count). The third kappa shape index (κ3) is 5.04. The second-order valence-corrected chi connectivity index (χ2v) is 5.69. The Morgan fingerprint density at radius 3 is 2.46 bits per heavy atom. The summed E-state index contributed by atoms with van der Waals surface area (Å²) in [6, 6.07) is 13.6. The van der Waals surface area contributed by atoms with Gasteiger partial charge in [-0.3, -0.25) is 14.9 Å². The van der Waals surface area contributed by atoms with E-state index in [1.54, 1.807) is 13.0 Å². The molecule has 0 fully saturated rings. The van der Waals surface area contributed by atoms with Gasteiger partial charge in [0.25, 0.3) is 5.91 Å². The molecule has 0 aliphatic heterocycles. The number of nitrogens with zero attached hydrogens (tertiary/aromatic N) is 3. The van der Waals surface area contributed by atoms with Crippen molar-refractivity contribution in [2.45, 2.75) is 6.92 Å². The lowest BCUT2D eigenvalue weighted by atomic mass is 10.1. The van der Waals surface area contributed by atoms with E-state index < -0.39 is 10.8 Å². The molecule has 0 heterocycles. The fraction of sp³-hybridized carbons (Fsp3) is 0.222. The van der Waals surface area contributed by atoms with Gasteiger partial charge in [0.15, 0.2) is 12.4 Å². The van der Waals surface area contributed by atoms with Crippen molar-refractivity contribution in [2.75, 3.05) is 25.6 Å². The minimum absolute atomic E-state index is 0.0348. The molecule has 8 heteroatoms. The fourth-order valence-electron chi connectivity index (χ4n) is 2.12. The van der Waals surface area contributed by atoms with Gasteiger partial charge >= 0.3 is 5.69 Å². The largest absolute Gasteiger partial charge is 0.477 e. The van der Waals surface area contributed by atoms with Crippen LogP contribution in [0.5, 0.6) is 5.75 Å². The smallest absolute Gasteiger partial charge is 0.310 e. The number of carbonyl (C=O) groups is 1. The lowest BCUT2D eigenvalue weighted by Crippen LogP contribution is -2.25. The van der Waals surface area contributed by atoms with E-state index in [0.717, 1.165) is 11.3 Å². The Labute approximate surface area is 151 Å². The van der Waals surface area contributed by atoms with Crippen molar-refractivity contribution in [1.82, 2.24) is 5.43 Å². The number of nitro benzene ring substituents is 1. The van der Waals surface area contributed by atoms with Gasteiger partial charge in [0.05, 0.1) is 10.6 Å². The van der Waals surface area contributed by atoms with Crippen LogP contribution in [-0.4, -0.2) is 37.2 Å². The average molecular weight is 356 g/mol. The van der Waals surface area contributed by atoms with Crippen LogP contribution in [0, 0.1) is 10.1 Å². The van der Waals surface area contributed by atoms with E-state index in [4.69, 9.17) is 4.74 Å². The number of ether oxygens (including phenoxy) is 1. The number of amides is 1. The maximum absolute atomic E-state index is 11.9. The lowest BCUT2D eigenvalue weighted by molar-refractivity contribution is -0.385. The molecule has 2 aromatic rings. The van der Waals surface area contributed by atoms with Gasteiger partial charge in [-0.25, -0.2) is 5.43 Å². The summed E-state index contributed by atoms with van der Waals surface area (Å²) in [5, 5.41) is 14.9. The van der Waals surface area contributed by atoms with Gasteiger partial charge in [0.2, 0.25) is 0 Å². The molecule has 0 aliphatic carbocycles. The molecule has 0 saturated heterocycles. The number of para-hydroxylation sites is 2. The minimum Gasteiger partial charge on any atom is -0.477 e. The summed E-state index contributed by atoms with van der Waals surface area (Å²) >= 11 is 0. The number of carbonyl (C=O) groups excluding carboxylic acids is 1. The van der Waals surface area contributed by atoms with E-state index in [2.05, 4.69) is 10.5 Å². The van der Waals surface area contributed by atoms with Crippen molar-refractivity contribution in [3.05, 3.63) is 64.2 Å².